The fourth-order valence-corrected chi connectivity index (χ4v) is 4.26. The molecule has 0 saturated carbocycles. The van der Waals surface area contributed by atoms with E-state index in [2.05, 4.69) is 17.6 Å². The standard InChI is InChI=1S/C22H32FN3O2.ClH/c1-16(19-3-2-10-24-15-19)13-21(27)26-11-8-18(9-12-26)22(28)25-14-17-4-6-20(23)7-5-17;/h4-7,16,18-19,24H,2-3,8-15H2,1H3,(H,25,28);1H. The second-order valence-corrected chi connectivity index (χ2v) is 8.29. The molecule has 2 unspecified atom stereocenters. The van der Waals surface area contributed by atoms with Gasteiger partial charge in [-0.1, -0.05) is 19.1 Å². The van der Waals surface area contributed by atoms with Crippen LogP contribution in [0.25, 0.3) is 0 Å². The molecule has 2 aliphatic rings. The molecular weight excluding hydrogens is 393 g/mol. The SMILES string of the molecule is CC(CC(=O)N1CCC(C(=O)NCc2ccc(F)cc2)CC1)C1CCCNC1.Cl. The van der Waals surface area contributed by atoms with Gasteiger partial charge in [-0.05, 0) is 68.3 Å². The zero-order valence-corrected chi connectivity index (χ0v) is 18.0. The van der Waals surface area contributed by atoms with Crippen LogP contribution < -0.4 is 10.6 Å². The summed E-state index contributed by atoms with van der Waals surface area (Å²) in [5.41, 5.74) is 0.883. The van der Waals surface area contributed by atoms with Gasteiger partial charge in [0, 0.05) is 32.0 Å². The molecule has 0 aromatic heterocycles. The quantitative estimate of drug-likeness (QED) is 0.736. The second-order valence-electron chi connectivity index (χ2n) is 8.29. The molecule has 1 aromatic rings. The number of rotatable bonds is 6. The van der Waals surface area contributed by atoms with Gasteiger partial charge in [0.1, 0.15) is 5.82 Å². The van der Waals surface area contributed by atoms with Crippen molar-refractivity contribution in [3.05, 3.63) is 35.6 Å². The van der Waals surface area contributed by atoms with E-state index in [-0.39, 0.29) is 36.0 Å². The average molecular weight is 426 g/mol. The van der Waals surface area contributed by atoms with Gasteiger partial charge in [0.15, 0.2) is 0 Å². The van der Waals surface area contributed by atoms with Crippen molar-refractivity contribution < 1.29 is 14.0 Å². The molecule has 5 nitrogen and oxygen atoms in total. The zero-order valence-electron chi connectivity index (χ0n) is 17.2. The fraction of sp³-hybridized carbons (Fsp3) is 0.636. The topological polar surface area (TPSA) is 61.4 Å². The van der Waals surface area contributed by atoms with Crippen molar-refractivity contribution >= 4 is 24.2 Å². The molecule has 2 fully saturated rings. The van der Waals surface area contributed by atoms with Gasteiger partial charge in [-0.15, -0.1) is 12.4 Å². The smallest absolute Gasteiger partial charge is 0.223 e. The van der Waals surface area contributed by atoms with Crippen LogP contribution in [0, 0.1) is 23.6 Å². The number of carbonyl (C=O) groups excluding carboxylic acids is 2. The largest absolute Gasteiger partial charge is 0.352 e. The molecule has 162 valence electrons. The lowest BCUT2D eigenvalue weighted by atomic mass is 9.85. The highest BCUT2D eigenvalue weighted by Gasteiger charge is 2.29. The Balaban J connectivity index is 0.00000300. The lowest BCUT2D eigenvalue weighted by Gasteiger charge is -2.34. The van der Waals surface area contributed by atoms with Crippen molar-refractivity contribution in [3.8, 4) is 0 Å². The Morgan fingerprint density at radius 2 is 1.90 bits per heavy atom. The maximum Gasteiger partial charge on any atom is 0.223 e. The number of hydrogen-bond acceptors (Lipinski definition) is 3. The number of carbonyl (C=O) groups is 2. The Bertz CT molecular complexity index is 657. The molecule has 0 bridgehead atoms. The Morgan fingerprint density at radius 1 is 1.21 bits per heavy atom. The minimum Gasteiger partial charge on any atom is -0.352 e. The van der Waals surface area contributed by atoms with E-state index in [1.165, 1.54) is 25.0 Å². The number of nitrogens with one attached hydrogen (secondary N) is 2. The first-order chi connectivity index (χ1) is 13.5. The average Bonchev–Trinajstić information content (AvgIpc) is 2.73. The van der Waals surface area contributed by atoms with E-state index in [1.807, 2.05) is 4.90 Å². The number of amides is 2. The maximum atomic E-state index is 12.9. The maximum absolute atomic E-state index is 12.9. The van der Waals surface area contributed by atoms with Gasteiger partial charge < -0.3 is 15.5 Å². The summed E-state index contributed by atoms with van der Waals surface area (Å²) in [6.07, 6.45) is 4.42. The summed E-state index contributed by atoms with van der Waals surface area (Å²) in [6, 6.07) is 6.16. The molecule has 0 spiro atoms. The molecular formula is C22H33ClFN3O2. The molecule has 2 amide bonds. The third-order valence-corrected chi connectivity index (χ3v) is 6.23. The lowest BCUT2D eigenvalue weighted by Crippen LogP contribution is -2.44. The van der Waals surface area contributed by atoms with Crippen LogP contribution in [0.15, 0.2) is 24.3 Å². The molecule has 0 aliphatic carbocycles. The van der Waals surface area contributed by atoms with Crippen LogP contribution in [0.4, 0.5) is 4.39 Å². The summed E-state index contributed by atoms with van der Waals surface area (Å²) < 4.78 is 12.9. The van der Waals surface area contributed by atoms with E-state index in [9.17, 15) is 14.0 Å². The Hall–Kier alpha value is -1.66. The van der Waals surface area contributed by atoms with Gasteiger partial charge in [-0.3, -0.25) is 9.59 Å². The van der Waals surface area contributed by atoms with Crippen molar-refractivity contribution in [1.29, 1.82) is 0 Å². The molecule has 29 heavy (non-hydrogen) atoms. The summed E-state index contributed by atoms with van der Waals surface area (Å²) in [5, 5.41) is 6.36. The van der Waals surface area contributed by atoms with Gasteiger partial charge in [-0.2, -0.15) is 0 Å². The highest BCUT2D eigenvalue weighted by molar-refractivity contribution is 5.85. The fourth-order valence-electron chi connectivity index (χ4n) is 4.26. The third-order valence-electron chi connectivity index (χ3n) is 6.23. The predicted octanol–water partition coefficient (Wildman–Crippen LogP) is 3.13. The summed E-state index contributed by atoms with van der Waals surface area (Å²) in [4.78, 5) is 27.0. The molecule has 3 rings (SSSR count). The summed E-state index contributed by atoms with van der Waals surface area (Å²) in [5.74, 6) is 0.913. The monoisotopic (exact) mass is 425 g/mol. The van der Waals surface area contributed by atoms with E-state index < -0.39 is 0 Å². The number of hydrogen-bond donors (Lipinski definition) is 2. The van der Waals surface area contributed by atoms with Crippen molar-refractivity contribution in [2.24, 2.45) is 17.8 Å². The molecule has 2 heterocycles. The van der Waals surface area contributed by atoms with E-state index in [1.54, 1.807) is 12.1 Å². The van der Waals surface area contributed by atoms with E-state index in [0.717, 1.165) is 18.7 Å². The Labute approximate surface area is 179 Å². The third kappa shape index (κ3) is 6.96. The molecule has 2 saturated heterocycles. The zero-order chi connectivity index (χ0) is 19.9. The van der Waals surface area contributed by atoms with Gasteiger partial charge in [-0.25, -0.2) is 4.39 Å². The molecule has 2 aliphatic heterocycles. The molecule has 2 N–H and O–H groups in total. The van der Waals surface area contributed by atoms with Crippen LogP contribution in [-0.4, -0.2) is 42.9 Å². The van der Waals surface area contributed by atoms with Crippen LogP contribution in [0.2, 0.25) is 0 Å². The van der Waals surface area contributed by atoms with Crippen LogP contribution in [-0.2, 0) is 16.1 Å². The normalized spacial score (nSPS) is 21.2. The van der Waals surface area contributed by atoms with Crippen molar-refractivity contribution in [3.63, 3.8) is 0 Å². The first kappa shape index (κ1) is 23.6. The highest BCUT2D eigenvalue weighted by Crippen LogP contribution is 2.25. The number of piperidine rings is 2. The van der Waals surface area contributed by atoms with Gasteiger partial charge in [0.05, 0.1) is 0 Å². The molecule has 7 heteroatoms. The van der Waals surface area contributed by atoms with Crippen LogP contribution in [0.1, 0.15) is 44.6 Å². The molecule has 0 radical (unpaired) electrons. The number of nitrogens with zero attached hydrogens (tertiary/aromatic N) is 1. The van der Waals surface area contributed by atoms with E-state index >= 15 is 0 Å². The van der Waals surface area contributed by atoms with Gasteiger partial charge in [0.2, 0.25) is 11.8 Å². The Kier molecular flexibility index (Phi) is 9.37. The first-order valence-electron chi connectivity index (χ1n) is 10.5. The van der Waals surface area contributed by atoms with Crippen molar-refractivity contribution in [2.75, 3.05) is 26.2 Å². The van der Waals surface area contributed by atoms with Gasteiger partial charge in [0.25, 0.3) is 0 Å². The number of halogens is 2. The lowest BCUT2D eigenvalue weighted by molar-refractivity contribution is -0.136. The summed E-state index contributed by atoms with van der Waals surface area (Å²) in [6.45, 7) is 6.02. The molecule has 2 atom stereocenters. The molecule has 1 aromatic carbocycles. The second kappa shape index (κ2) is 11.5. The van der Waals surface area contributed by atoms with Crippen LogP contribution in [0.3, 0.4) is 0 Å². The highest BCUT2D eigenvalue weighted by atomic mass is 35.5. The van der Waals surface area contributed by atoms with Crippen molar-refractivity contribution in [2.45, 2.75) is 45.6 Å². The predicted molar refractivity (Wildman–Crippen MR) is 114 cm³/mol. The summed E-state index contributed by atoms with van der Waals surface area (Å²) in [7, 11) is 0. The van der Waals surface area contributed by atoms with Gasteiger partial charge >= 0.3 is 0 Å². The van der Waals surface area contributed by atoms with E-state index in [0.29, 0.717) is 50.7 Å². The van der Waals surface area contributed by atoms with Crippen LogP contribution >= 0.6 is 12.4 Å². The van der Waals surface area contributed by atoms with E-state index in [4.69, 9.17) is 0 Å². The van der Waals surface area contributed by atoms with Crippen molar-refractivity contribution in [1.82, 2.24) is 15.5 Å². The first-order valence-corrected chi connectivity index (χ1v) is 10.5. The Morgan fingerprint density at radius 3 is 2.52 bits per heavy atom. The summed E-state index contributed by atoms with van der Waals surface area (Å²) >= 11 is 0. The van der Waals surface area contributed by atoms with Crippen LogP contribution in [0.5, 0.6) is 0 Å². The number of likely N-dealkylation sites (tertiary alicyclic amines) is 1. The number of benzene rings is 1. The minimum absolute atomic E-state index is 0. The minimum atomic E-state index is -0.277.